The van der Waals surface area contributed by atoms with E-state index in [0.717, 1.165) is 41.1 Å². The molecule has 0 atom stereocenters. The highest BCUT2D eigenvalue weighted by Gasteiger charge is 2.31. The van der Waals surface area contributed by atoms with E-state index < -0.39 is 22.1 Å². The van der Waals surface area contributed by atoms with Gasteiger partial charge in [-0.15, -0.1) is 13.2 Å². The second-order valence-electron chi connectivity index (χ2n) is 7.10. The van der Waals surface area contributed by atoms with Crippen LogP contribution in [-0.4, -0.2) is 45.3 Å². The Balaban J connectivity index is 1.53. The van der Waals surface area contributed by atoms with Gasteiger partial charge in [0.15, 0.2) is 0 Å². The maximum atomic E-state index is 12.6. The largest absolute Gasteiger partial charge is 0.573 e. The van der Waals surface area contributed by atoms with E-state index in [0.29, 0.717) is 26.1 Å². The van der Waals surface area contributed by atoms with Crippen molar-refractivity contribution in [2.24, 2.45) is 0 Å². The van der Waals surface area contributed by atoms with Crippen LogP contribution < -0.4 is 14.2 Å². The third-order valence-corrected chi connectivity index (χ3v) is 6.33. The number of halogens is 3. The normalized spacial score (nSPS) is 14.1. The molecule has 0 saturated carbocycles. The summed E-state index contributed by atoms with van der Waals surface area (Å²) >= 11 is 0. The number of nitrogens with one attached hydrogen (secondary N) is 1. The minimum atomic E-state index is -4.86. The molecule has 0 saturated heterocycles. The summed E-state index contributed by atoms with van der Waals surface area (Å²) in [5, 5.41) is 0. The number of hydrogen-bond donors (Lipinski definition) is 1. The first-order valence-electron chi connectivity index (χ1n) is 9.95. The predicted octanol–water partition coefficient (Wildman–Crippen LogP) is 3.24. The quantitative estimate of drug-likeness (QED) is 0.638. The van der Waals surface area contributed by atoms with Crippen LogP contribution in [0.3, 0.4) is 0 Å². The molecule has 174 valence electrons. The van der Waals surface area contributed by atoms with Crippen LogP contribution in [0.15, 0.2) is 47.4 Å². The number of rotatable bonds is 8. The van der Waals surface area contributed by atoms with Gasteiger partial charge in [-0.3, -0.25) is 4.79 Å². The monoisotopic (exact) mass is 472 g/mol. The fourth-order valence-electron chi connectivity index (χ4n) is 3.36. The maximum Gasteiger partial charge on any atom is 0.573 e. The molecule has 0 aliphatic carbocycles. The van der Waals surface area contributed by atoms with Gasteiger partial charge in [0.25, 0.3) is 0 Å². The van der Waals surface area contributed by atoms with Crippen LogP contribution in [0, 0.1) is 0 Å². The fraction of sp³-hybridized carbons (Fsp3) is 0.381. The number of carbonyl (C=O) groups is 1. The Morgan fingerprint density at radius 2 is 1.78 bits per heavy atom. The molecule has 1 heterocycles. The lowest BCUT2D eigenvalue weighted by Crippen LogP contribution is -2.38. The van der Waals surface area contributed by atoms with Gasteiger partial charge < -0.3 is 14.4 Å². The number of amides is 1. The van der Waals surface area contributed by atoms with E-state index >= 15 is 0 Å². The standard InChI is InChI=1S/C21H23F3N2O5S/c1-2-30-18-4-3-15-10-12-26(14-16(15)13-18)20(27)9-11-25-32(28,29)19-7-5-17(6-8-19)31-21(22,23)24/h3-8,13,25H,2,9-12,14H2,1H3. The molecule has 0 spiro atoms. The third kappa shape index (κ3) is 6.36. The number of benzene rings is 2. The number of fused-ring (bicyclic) bond motifs is 1. The Labute approximate surface area is 184 Å². The molecule has 1 aliphatic heterocycles. The molecule has 1 N–H and O–H groups in total. The van der Waals surface area contributed by atoms with Gasteiger partial charge in [-0.1, -0.05) is 6.07 Å². The lowest BCUT2D eigenvalue weighted by molar-refractivity contribution is -0.274. The van der Waals surface area contributed by atoms with E-state index in [-0.39, 0.29) is 23.8 Å². The van der Waals surface area contributed by atoms with Crippen molar-refractivity contribution >= 4 is 15.9 Å². The van der Waals surface area contributed by atoms with Gasteiger partial charge in [0.05, 0.1) is 11.5 Å². The number of sulfonamides is 1. The van der Waals surface area contributed by atoms with Crippen molar-refractivity contribution < 1.29 is 35.9 Å². The number of carbonyl (C=O) groups excluding carboxylic acids is 1. The predicted molar refractivity (Wildman–Crippen MR) is 110 cm³/mol. The van der Waals surface area contributed by atoms with Crippen molar-refractivity contribution in [2.75, 3.05) is 19.7 Å². The molecule has 0 radical (unpaired) electrons. The Morgan fingerprint density at radius 3 is 2.44 bits per heavy atom. The highest BCUT2D eigenvalue weighted by molar-refractivity contribution is 7.89. The first kappa shape index (κ1) is 23.9. The molecular formula is C21H23F3N2O5S. The summed E-state index contributed by atoms with van der Waals surface area (Å²) in [6.45, 7) is 3.25. The molecule has 1 amide bonds. The average Bonchev–Trinajstić information content (AvgIpc) is 2.72. The molecule has 7 nitrogen and oxygen atoms in total. The zero-order valence-electron chi connectivity index (χ0n) is 17.3. The SMILES string of the molecule is CCOc1ccc2c(c1)CN(C(=O)CCNS(=O)(=O)c1ccc(OC(F)(F)F)cc1)CC2. The van der Waals surface area contributed by atoms with Gasteiger partial charge in [-0.2, -0.15) is 0 Å². The molecule has 0 unspecified atom stereocenters. The molecular weight excluding hydrogens is 449 g/mol. The number of nitrogens with zero attached hydrogens (tertiary/aromatic N) is 1. The fourth-order valence-corrected chi connectivity index (χ4v) is 4.39. The van der Waals surface area contributed by atoms with E-state index in [2.05, 4.69) is 9.46 Å². The second kappa shape index (κ2) is 9.78. The van der Waals surface area contributed by atoms with Crippen molar-refractivity contribution in [3.8, 4) is 11.5 Å². The van der Waals surface area contributed by atoms with E-state index in [1.54, 1.807) is 4.90 Å². The zero-order chi connectivity index (χ0) is 23.4. The summed E-state index contributed by atoms with van der Waals surface area (Å²) < 4.78 is 72.8. The van der Waals surface area contributed by atoms with E-state index in [1.165, 1.54) is 0 Å². The van der Waals surface area contributed by atoms with E-state index in [4.69, 9.17) is 4.74 Å². The summed E-state index contributed by atoms with van der Waals surface area (Å²) in [6, 6.07) is 9.63. The summed E-state index contributed by atoms with van der Waals surface area (Å²) in [5.41, 5.74) is 2.15. The summed E-state index contributed by atoms with van der Waals surface area (Å²) in [6.07, 6.45) is -4.21. The Morgan fingerprint density at radius 1 is 1.09 bits per heavy atom. The first-order chi connectivity index (χ1) is 15.1. The van der Waals surface area contributed by atoms with Gasteiger partial charge in [0.1, 0.15) is 11.5 Å². The summed E-state index contributed by atoms with van der Waals surface area (Å²) in [7, 11) is -3.98. The molecule has 32 heavy (non-hydrogen) atoms. The van der Waals surface area contributed by atoms with Gasteiger partial charge in [-0.05, 0) is 60.9 Å². The first-order valence-corrected chi connectivity index (χ1v) is 11.4. The van der Waals surface area contributed by atoms with Crippen LogP contribution in [0.5, 0.6) is 11.5 Å². The Hall–Kier alpha value is -2.79. The molecule has 11 heteroatoms. The average molecular weight is 472 g/mol. The molecule has 1 aliphatic rings. The lowest BCUT2D eigenvalue weighted by atomic mass is 9.99. The van der Waals surface area contributed by atoms with Crippen LogP contribution in [0.2, 0.25) is 0 Å². The topological polar surface area (TPSA) is 84.9 Å². The van der Waals surface area contributed by atoms with Crippen LogP contribution in [-0.2, 0) is 27.8 Å². The molecule has 0 fully saturated rings. The minimum absolute atomic E-state index is 0.0466. The summed E-state index contributed by atoms with van der Waals surface area (Å²) in [5.74, 6) is 0.0125. The van der Waals surface area contributed by atoms with Crippen molar-refractivity contribution in [3.63, 3.8) is 0 Å². The maximum absolute atomic E-state index is 12.6. The molecule has 2 aromatic carbocycles. The molecule has 2 aromatic rings. The van der Waals surface area contributed by atoms with Crippen LogP contribution in [0.1, 0.15) is 24.5 Å². The van der Waals surface area contributed by atoms with Crippen LogP contribution in [0.4, 0.5) is 13.2 Å². The molecule has 3 rings (SSSR count). The van der Waals surface area contributed by atoms with Crippen molar-refractivity contribution in [3.05, 3.63) is 53.6 Å². The highest BCUT2D eigenvalue weighted by Crippen LogP contribution is 2.25. The number of alkyl halides is 3. The Kier molecular flexibility index (Phi) is 7.29. The summed E-state index contributed by atoms with van der Waals surface area (Å²) in [4.78, 5) is 14.0. The van der Waals surface area contributed by atoms with Crippen molar-refractivity contribution in [2.45, 2.75) is 37.6 Å². The lowest BCUT2D eigenvalue weighted by Gasteiger charge is -2.29. The van der Waals surface area contributed by atoms with Gasteiger partial charge in [-0.25, -0.2) is 13.1 Å². The minimum Gasteiger partial charge on any atom is -0.494 e. The van der Waals surface area contributed by atoms with Gasteiger partial charge >= 0.3 is 6.36 Å². The zero-order valence-corrected chi connectivity index (χ0v) is 18.1. The molecule has 0 bridgehead atoms. The Bertz CT molecular complexity index is 1060. The van der Waals surface area contributed by atoms with E-state index in [1.807, 2.05) is 25.1 Å². The number of ether oxygens (including phenoxy) is 2. The van der Waals surface area contributed by atoms with Crippen molar-refractivity contribution in [1.82, 2.24) is 9.62 Å². The smallest absolute Gasteiger partial charge is 0.494 e. The van der Waals surface area contributed by atoms with E-state index in [9.17, 15) is 26.4 Å². The van der Waals surface area contributed by atoms with Crippen LogP contribution in [0.25, 0.3) is 0 Å². The number of hydrogen-bond acceptors (Lipinski definition) is 5. The van der Waals surface area contributed by atoms with Gasteiger partial charge in [0, 0.05) is 26.1 Å². The van der Waals surface area contributed by atoms with Crippen molar-refractivity contribution in [1.29, 1.82) is 0 Å². The van der Waals surface area contributed by atoms with Crippen LogP contribution >= 0.6 is 0 Å². The molecule has 0 aromatic heterocycles. The third-order valence-electron chi connectivity index (χ3n) is 4.85. The second-order valence-corrected chi connectivity index (χ2v) is 8.86. The van der Waals surface area contributed by atoms with Gasteiger partial charge in [0.2, 0.25) is 15.9 Å². The highest BCUT2D eigenvalue weighted by atomic mass is 32.2.